The molecule has 3 rings (SSSR count). The summed E-state index contributed by atoms with van der Waals surface area (Å²) >= 11 is 0. The van der Waals surface area contributed by atoms with Crippen LogP contribution in [0.1, 0.15) is 36.2 Å². The molecule has 1 aliphatic heterocycles. The first-order chi connectivity index (χ1) is 12.9. The highest BCUT2D eigenvalue weighted by Crippen LogP contribution is 2.32. The topological polar surface area (TPSA) is 92.9 Å². The zero-order valence-electron chi connectivity index (χ0n) is 15.5. The van der Waals surface area contributed by atoms with Gasteiger partial charge in [0.2, 0.25) is 5.91 Å². The number of hydroxylamine groups is 2. The SMILES string of the molecule is CCC1C(C)ON(Cc2cccc(-c3ccc(C(=O)O)cc3)c2)C1C(N)=O. The first-order valence-corrected chi connectivity index (χ1v) is 9.06. The summed E-state index contributed by atoms with van der Waals surface area (Å²) in [6, 6.07) is 14.2. The number of nitrogens with zero attached hydrogens (tertiary/aromatic N) is 1. The Morgan fingerprint density at radius 2 is 1.85 bits per heavy atom. The normalized spacial score (nSPS) is 22.7. The Kier molecular flexibility index (Phi) is 5.58. The summed E-state index contributed by atoms with van der Waals surface area (Å²) in [5.74, 6) is -1.24. The molecule has 0 aromatic heterocycles. The number of carboxylic acids is 1. The molecule has 0 saturated carbocycles. The summed E-state index contributed by atoms with van der Waals surface area (Å²) in [6.45, 7) is 4.45. The van der Waals surface area contributed by atoms with Crippen LogP contribution in [0.5, 0.6) is 0 Å². The van der Waals surface area contributed by atoms with E-state index in [4.69, 9.17) is 15.7 Å². The van der Waals surface area contributed by atoms with Crippen LogP contribution >= 0.6 is 0 Å². The lowest BCUT2D eigenvalue weighted by Gasteiger charge is -2.22. The van der Waals surface area contributed by atoms with E-state index < -0.39 is 12.0 Å². The minimum Gasteiger partial charge on any atom is -0.478 e. The van der Waals surface area contributed by atoms with Crippen LogP contribution in [0.15, 0.2) is 48.5 Å². The zero-order chi connectivity index (χ0) is 19.6. The minimum absolute atomic E-state index is 0.0563. The number of hydrogen-bond acceptors (Lipinski definition) is 4. The third-order valence-corrected chi connectivity index (χ3v) is 5.11. The van der Waals surface area contributed by atoms with Crippen LogP contribution in [0.4, 0.5) is 0 Å². The average Bonchev–Trinajstić information content (AvgIpc) is 2.97. The van der Waals surface area contributed by atoms with Crippen molar-refractivity contribution in [3.63, 3.8) is 0 Å². The summed E-state index contributed by atoms with van der Waals surface area (Å²) in [6.07, 6.45) is 0.764. The van der Waals surface area contributed by atoms with E-state index in [2.05, 4.69) is 0 Å². The van der Waals surface area contributed by atoms with E-state index in [9.17, 15) is 9.59 Å². The van der Waals surface area contributed by atoms with Crippen molar-refractivity contribution >= 4 is 11.9 Å². The molecule has 1 fully saturated rings. The molecule has 1 aliphatic rings. The highest BCUT2D eigenvalue weighted by atomic mass is 16.7. The largest absolute Gasteiger partial charge is 0.478 e. The van der Waals surface area contributed by atoms with Crippen molar-refractivity contribution in [3.05, 3.63) is 59.7 Å². The number of primary amides is 1. The van der Waals surface area contributed by atoms with Crippen LogP contribution in [0.2, 0.25) is 0 Å². The average molecular weight is 368 g/mol. The third kappa shape index (κ3) is 4.02. The van der Waals surface area contributed by atoms with Gasteiger partial charge in [0, 0.05) is 5.92 Å². The van der Waals surface area contributed by atoms with Gasteiger partial charge >= 0.3 is 5.97 Å². The third-order valence-electron chi connectivity index (χ3n) is 5.11. The van der Waals surface area contributed by atoms with Crippen LogP contribution in [0.3, 0.4) is 0 Å². The fraction of sp³-hybridized carbons (Fsp3) is 0.333. The molecule has 0 radical (unpaired) electrons. The van der Waals surface area contributed by atoms with E-state index in [1.807, 2.05) is 38.1 Å². The molecule has 1 amide bonds. The highest BCUT2D eigenvalue weighted by molar-refractivity contribution is 5.88. The lowest BCUT2D eigenvalue weighted by Crippen LogP contribution is -2.43. The van der Waals surface area contributed by atoms with E-state index in [0.29, 0.717) is 6.54 Å². The fourth-order valence-electron chi connectivity index (χ4n) is 3.71. The number of benzene rings is 2. The van der Waals surface area contributed by atoms with Gasteiger partial charge in [-0.1, -0.05) is 37.3 Å². The highest BCUT2D eigenvalue weighted by Gasteiger charge is 2.43. The molecule has 0 bridgehead atoms. The van der Waals surface area contributed by atoms with Crippen molar-refractivity contribution in [1.29, 1.82) is 0 Å². The zero-order valence-corrected chi connectivity index (χ0v) is 15.5. The van der Waals surface area contributed by atoms with Crippen LogP contribution in [-0.4, -0.2) is 34.2 Å². The molecule has 2 aromatic carbocycles. The Labute approximate surface area is 158 Å². The second-order valence-corrected chi connectivity index (χ2v) is 6.89. The van der Waals surface area contributed by atoms with Gasteiger partial charge in [0.25, 0.3) is 0 Å². The van der Waals surface area contributed by atoms with Gasteiger partial charge in [0.1, 0.15) is 6.04 Å². The van der Waals surface area contributed by atoms with Gasteiger partial charge in [-0.25, -0.2) is 4.79 Å². The van der Waals surface area contributed by atoms with Crippen molar-refractivity contribution < 1.29 is 19.5 Å². The van der Waals surface area contributed by atoms with Crippen molar-refractivity contribution in [2.75, 3.05) is 0 Å². The van der Waals surface area contributed by atoms with Crippen LogP contribution in [0, 0.1) is 5.92 Å². The van der Waals surface area contributed by atoms with Gasteiger partial charge in [-0.15, -0.1) is 0 Å². The molecular formula is C21H24N2O4. The summed E-state index contributed by atoms with van der Waals surface area (Å²) in [4.78, 5) is 28.8. The Bertz CT molecular complexity index is 834. The summed E-state index contributed by atoms with van der Waals surface area (Å²) in [7, 11) is 0. The standard InChI is InChI=1S/C21H24N2O4/c1-3-18-13(2)27-23(19(18)20(22)24)12-14-5-4-6-17(11-14)15-7-9-16(10-8-15)21(25)26/h4-11,13,18-19H,3,12H2,1-2H3,(H2,22,24)(H,25,26). The lowest BCUT2D eigenvalue weighted by molar-refractivity contribution is -0.170. The van der Waals surface area contributed by atoms with Gasteiger partial charge in [0.15, 0.2) is 0 Å². The molecule has 3 N–H and O–H groups in total. The summed E-state index contributed by atoms with van der Waals surface area (Å²) in [5, 5.41) is 10.7. The maximum atomic E-state index is 11.9. The molecule has 6 nitrogen and oxygen atoms in total. The maximum absolute atomic E-state index is 11.9. The van der Waals surface area contributed by atoms with Gasteiger partial charge in [-0.05, 0) is 48.2 Å². The Morgan fingerprint density at radius 3 is 2.44 bits per heavy atom. The molecule has 1 saturated heterocycles. The second-order valence-electron chi connectivity index (χ2n) is 6.89. The predicted molar refractivity (Wildman–Crippen MR) is 102 cm³/mol. The molecule has 2 aromatic rings. The smallest absolute Gasteiger partial charge is 0.335 e. The molecule has 6 heteroatoms. The number of nitrogens with two attached hydrogens (primary N) is 1. The van der Waals surface area contributed by atoms with Gasteiger partial charge in [-0.3, -0.25) is 9.63 Å². The quantitative estimate of drug-likeness (QED) is 0.817. The summed E-state index contributed by atoms with van der Waals surface area (Å²) in [5.41, 5.74) is 8.76. The second kappa shape index (κ2) is 7.90. The van der Waals surface area contributed by atoms with E-state index in [1.165, 1.54) is 0 Å². The Balaban J connectivity index is 1.81. The number of amides is 1. The number of carbonyl (C=O) groups is 2. The van der Waals surface area contributed by atoms with Gasteiger partial charge < -0.3 is 10.8 Å². The Hall–Kier alpha value is -2.70. The van der Waals surface area contributed by atoms with Crippen LogP contribution < -0.4 is 5.73 Å². The fourth-order valence-corrected chi connectivity index (χ4v) is 3.71. The van der Waals surface area contributed by atoms with Gasteiger partial charge in [0.05, 0.1) is 18.2 Å². The van der Waals surface area contributed by atoms with E-state index >= 15 is 0 Å². The molecule has 0 spiro atoms. The predicted octanol–water partition coefficient (Wildman–Crippen LogP) is 3.07. The maximum Gasteiger partial charge on any atom is 0.335 e. The first kappa shape index (κ1) is 19.1. The molecular weight excluding hydrogens is 344 g/mol. The Morgan fingerprint density at radius 1 is 1.15 bits per heavy atom. The molecule has 3 unspecified atom stereocenters. The number of aromatic carboxylic acids is 1. The van der Waals surface area contributed by atoms with Crippen LogP contribution in [-0.2, 0) is 16.2 Å². The molecule has 1 heterocycles. The monoisotopic (exact) mass is 368 g/mol. The first-order valence-electron chi connectivity index (χ1n) is 9.06. The van der Waals surface area contributed by atoms with E-state index in [0.717, 1.165) is 23.1 Å². The number of hydrogen-bond donors (Lipinski definition) is 2. The van der Waals surface area contributed by atoms with E-state index in [-0.39, 0.29) is 23.5 Å². The minimum atomic E-state index is -0.946. The van der Waals surface area contributed by atoms with Crippen molar-refractivity contribution in [3.8, 4) is 11.1 Å². The molecule has 0 aliphatic carbocycles. The number of carboxylic acid groups (broad SMARTS) is 1. The summed E-state index contributed by atoms with van der Waals surface area (Å²) < 4.78 is 0. The molecule has 142 valence electrons. The van der Waals surface area contributed by atoms with Crippen molar-refractivity contribution in [1.82, 2.24) is 5.06 Å². The lowest BCUT2D eigenvalue weighted by atomic mass is 9.92. The molecule has 3 atom stereocenters. The number of carbonyl (C=O) groups excluding carboxylic acids is 1. The van der Waals surface area contributed by atoms with Crippen molar-refractivity contribution in [2.24, 2.45) is 11.7 Å². The van der Waals surface area contributed by atoms with Crippen molar-refractivity contribution in [2.45, 2.75) is 39.0 Å². The van der Waals surface area contributed by atoms with E-state index in [1.54, 1.807) is 29.3 Å². The molecule has 27 heavy (non-hydrogen) atoms. The number of rotatable bonds is 6. The van der Waals surface area contributed by atoms with Crippen LogP contribution in [0.25, 0.3) is 11.1 Å². The van der Waals surface area contributed by atoms with Gasteiger partial charge in [-0.2, -0.15) is 5.06 Å².